The lowest BCUT2D eigenvalue weighted by Gasteiger charge is -2.35. The molecule has 194 valence electrons. The molecule has 0 aliphatic carbocycles. The van der Waals surface area contributed by atoms with E-state index in [4.69, 9.17) is 15.6 Å². The molecule has 8 nitrogen and oxygen atoms in total. The van der Waals surface area contributed by atoms with Crippen LogP contribution in [0.1, 0.15) is 37.3 Å². The number of para-hydroxylation sites is 1. The molecule has 0 amide bonds. The second-order valence-corrected chi connectivity index (χ2v) is 9.92. The molecule has 0 saturated carbocycles. The van der Waals surface area contributed by atoms with Gasteiger partial charge in [-0.05, 0) is 87.8 Å². The van der Waals surface area contributed by atoms with Gasteiger partial charge in [-0.1, -0.05) is 18.2 Å². The van der Waals surface area contributed by atoms with Crippen LogP contribution in [0, 0.1) is 5.92 Å². The Bertz CT molecular complexity index is 1210. The smallest absolute Gasteiger partial charge is 0.161 e. The molecule has 3 heterocycles. The lowest BCUT2D eigenvalue weighted by Crippen LogP contribution is -2.40. The van der Waals surface area contributed by atoms with Gasteiger partial charge in [-0.2, -0.15) is 5.10 Å². The molecule has 0 spiro atoms. The second-order valence-electron chi connectivity index (χ2n) is 9.92. The molecule has 2 aromatic carbocycles. The summed E-state index contributed by atoms with van der Waals surface area (Å²) in [6.07, 6.45) is 4.62. The first kappa shape index (κ1) is 25.2. The van der Waals surface area contributed by atoms with Crippen molar-refractivity contribution in [2.45, 2.75) is 31.7 Å². The molecule has 1 aromatic heterocycles. The van der Waals surface area contributed by atoms with Crippen LogP contribution in [0.15, 0.2) is 64.6 Å². The maximum absolute atomic E-state index is 6.38. The Morgan fingerprint density at radius 1 is 1.03 bits per heavy atom. The Morgan fingerprint density at radius 2 is 1.70 bits per heavy atom. The summed E-state index contributed by atoms with van der Waals surface area (Å²) in [5.41, 5.74) is 8.83. The Kier molecular flexibility index (Phi) is 7.96. The zero-order chi connectivity index (χ0) is 25.6. The Morgan fingerprint density at radius 3 is 2.35 bits per heavy atom. The third-order valence-corrected chi connectivity index (χ3v) is 7.52. The average molecular weight is 500 g/mol. The van der Waals surface area contributed by atoms with E-state index in [-0.39, 0.29) is 6.04 Å². The SMILES string of the molecule is C=Nc1c(C(N)=NC)c(-c2ccc(Oc3ccccc3)cc2)nn1C1CCN(CC2CCNCC2)CC1. The number of piperidine rings is 2. The molecule has 0 unspecified atom stereocenters. The molecule has 3 aromatic rings. The van der Waals surface area contributed by atoms with E-state index in [0.29, 0.717) is 11.7 Å². The summed E-state index contributed by atoms with van der Waals surface area (Å²) < 4.78 is 8.00. The summed E-state index contributed by atoms with van der Waals surface area (Å²) >= 11 is 0. The van der Waals surface area contributed by atoms with Gasteiger partial charge in [0.25, 0.3) is 0 Å². The number of benzene rings is 2. The van der Waals surface area contributed by atoms with E-state index in [1.165, 1.54) is 19.4 Å². The number of amidine groups is 1. The minimum atomic E-state index is 0.252. The van der Waals surface area contributed by atoms with E-state index in [0.717, 1.165) is 73.3 Å². The number of aromatic nitrogens is 2. The van der Waals surface area contributed by atoms with Gasteiger partial charge in [0.15, 0.2) is 5.82 Å². The monoisotopic (exact) mass is 499 g/mol. The first-order valence-electron chi connectivity index (χ1n) is 13.2. The zero-order valence-electron chi connectivity index (χ0n) is 21.6. The Labute approximate surface area is 219 Å². The molecule has 0 bridgehead atoms. The maximum atomic E-state index is 6.38. The number of nitrogens with two attached hydrogens (primary N) is 1. The van der Waals surface area contributed by atoms with Crippen LogP contribution in [-0.4, -0.2) is 67.0 Å². The summed E-state index contributed by atoms with van der Waals surface area (Å²) in [4.78, 5) is 11.3. The highest BCUT2D eigenvalue weighted by atomic mass is 16.5. The lowest BCUT2D eigenvalue weighted by molar-refractivity contribution is 0.147. The van der Waals surface area contributed by atoms with Crippen LogP contribution in [0.5, 0.6) is 11.5 Å². The van der Waals surface area contributed by atoms with Gasteiger partial charge in [-0.25, -0.2) is 9.67 Å². The summed E-state index contributed by atoms with van der Waals surface area (Å²) in [6, 6.07) is 17.9. The number of likely N-dealkylation sites (tertiary alicyclic amines) is 1. The third kappa shape index (κ3) is 5.76. The molecular formula is C29H37N7O. The van der Waals surface area contributed by atoms with E-state index < -0.39 is 0 Å². The molecule has 3 N–H and O–H groups in total. The van der Waals surface area contributed by atoms with Crippen molar-refractivity contribution in [2.75, 3.05) is 39.8 Å². The number of hydrogen-bond donors (Lipinski definition) is 2. The molecular weight excluding hydrogens is 462 g/mol. The quantitative estimate of drug-likeness (QED) is 0.348. The largest absolute Gasteiger partial charge is 0.457 e. The van der Waals surface area contributed by atoms with Gasteiger partial charge in [-0.3, -0.25) is 4.99 Å². The summed E-state index contributed by atoms with van der Waals surface area (Å²) in [5, 5.41) is 8.52. The van der Waals surface area contributed by atoms with Crippen molar-refractivity contribution in [3.63, 3.8) is 0 Å². The van der Waals surface area contributed by atoms with Gasteiger partial charge in [0.05, 0.1) is 11.6 Å². The molecule has 0 atom stereocenters. The zero-order valence-corrected chi connectivity index (χ0v) is 21.6. The van der Waals surface area contributed by atoms with Crippen molar-refractivity contribution < 1.29 is 4.74 Å². The minimum Gasteiger partial charge on any atom is -0.457 e. The molecule has 0 radical (unpaired) electrons. The van der Waals surface area contributed by atoms with Crippen molar-refractivity contribution in [1.29, 1.82) is 0 Å². The highest BCUT2D eigenvalue weighted by Gasteiger charge is 2.29. The lowest BCUT2D eigenvalue weighted by atomic mass is 9.96. The highest BCUT2D eigenvalue weighted by Crippen LogP contribution is 2.36. The van der Waals surface area contributed by atoms with Crippen LogP contribution in [0.3, 0.4) is 0 Å². The summed E-state index contributed by atoms with van der Waals surface area (Å²) in [5.74, 6) is 3.47. The molecule has 5 rings (SSSR count). The van der Waals surface area contributed by atoms with Crippen molar-refractivity contribution in [1.82, 2.24) is 20.0 Å². The summed E-state index contributed by atoms with van der Waals surface area (Å²) in [6.45, 7) is 9.49. The van der Waals surface area contributed by atoms with E-state index in [2.05, 4.69) is 26.9 Å². The first-order valence-corrected chi connectivity index (χ1v) is 13.2. The molecule has 2 fully saturated rings. The normalized spacial score (nSPS) is 18.1. The average Bonchev–Trinajstić information content (AvgIpc) is 3.34. The van der Waals surface area contributed by atoms with E-state index in [1.54, 1.807) is 7.05 Å². The number of rotatable bonds is 8. The van der Waals surface area contributed by atoms with E-state index in [1.807, 2.05) is 59.3 Å². The first-order chi connectivity index (χ1) is 18.2. The van der Waals surface area contributed by atoms with Crippen LogP contribution in [-0.2, 0) is 0 Å². The molecule has 8 heteroatoms. The molecule has 2 aliphatic rings. The number of nitrogens with zero attached hydrogens (tertiary/aromatic N) is 5. The van der Waals surface area contributed by atoms with Crippen LogP contribution in [0.25, 0.3) is 11.3 Å². The van der Waals surface area contributed by atoms with Crippen LogP contribution >= 0.6 is 0 Å². The topological polar surface area (TPSA) is 93.1 Å². The Hall–Kier alpha value is -3.49. The molecule has 2 aliphatic heterocycles. The number of hydrogen-bond acceptors (Lipinski definition) is 6. The van der Waals surface area contributed by atoms with Crippen molar-refractivity contribution in [3.05, 3.63) is 60.2 Å². The number of ether oxygens (including phenoxy) is 1. The number of nitrogens with one attached hydrogen (secondary N) is 1. The third-order valence-electron chi connectivity index (χ3n) is 7.52. The van der Waals surface area contributed by atoms with E-state index >= 15 is 0 Å². The van der Waals surface area contributed by atoms with Crippen molar-refractivity contribution >= 4 is 18.4 Å². The fourth-order valence-electron chi connectivity index (χ4n) is 5.46. The standard InChI is InChI=1S/C29H37N7O/c1-31-28(30)26-27(22-8-10-25(11-9-22)37-24-6-4-3-5-7-24)34-36(29(26)32-2)23-14-18-35(19-15-23)20-21-12-16-33-17-13-21/h3-11,21,23,33H,2,12-20H2,1H3,(H2,30,31). The fourth-order valence-corrected chi connectivity index (χ4v) is 5.46. The minimum absolute atomic E-state index is 0.252. The van der Waals surface area contributed by atoms with Crippen LogP contribution in [0.2, 0.25) is 0 Å². The van der Waals surface area contributed by atoms with Crippen LogP contribution in [0.4, 0.5) is 5.82 Å². The predicted molar refractivity (Wildman–Crippen MR) is 150 cm³/mol. The van der Waals surface area contributed by atoms with Crippen molar-refractivity contribution in [3.8, 4) is 22.8 Å². The molecule has 37 heavy (non-hydrogen) atoms. The van der Waals surface area contributed by atoms with E-state index in [9.17, 15) is 0 Å². The predicted octanol–water partition coefficient (Wildman–Crippen LogP) is 4.65. The van der Waals surface area contributed by atoms with Gasteiger partial charge in [0.2, 0.25) is 0 Å². The maximum Gasteiger partial charge on any atom is 0.161 e. The van der Waals surface area contributed by atoms with Gasteiger partial charge in [-0.15, -0.1) is 0 Å². The second kappa shape index (κ2) is 11.7. The van der Waals surface area contributed by atoms with Gasteiger partial charge < -0.3 is 20.7 Å². The van der Waals surface area contributed by atoms with Gasteiger partial charge in [0.1, 0.15) is 23.0 Å². The van der Waals surface area contributed by atoms with Crippen LogP contribution < -0.4 is 15.8 Å². The summed E-state index contributed by atoms with van der Waals surface area (Å²) in [7, 11) is 1.69. The fraction of sp³-hybridized carbons (Fsp3) is 0.414. The van der Waals surface area contributed by atoms with Gasteiger partial charge >= 0.3 is 0 Å². The molecule has 2 saturated heterocycles. The Balaban J connectivity index is 1.36. The highest BCUT2D eigenvalue weighted by molar-refractivity contribution is 6.06. The van der Waals surface area contributed by atoms with Crippen molar-refractivity contribution in [2.24, 2.45) is 21.6 Å². The van der Waals surface area contributed by atoms with Gasteiger partial charge in [0, 0.05) is 32.2 Å². The number of aliphatic imine (C=N–C) groups is 2.